The van der Waals surface area contributed by atoms with Gasteiger partial charge in [0.05, 0.1) is 18.4 Å². The molecule has 132 valence electrons. The summed E-state index contributed by atoms with van der Waals surface area (Å²) < 4.78 is 49.8. The van der Waals surface area contributed by atoms with Crippen molar-refractivity contribution < 1.29 is 32.2 Å². The van der Waals surface area contributed by atoms with Gasteiger partial charge >= 0.3 is 0 Å². The van der Waals surface area contributed by atoms with Crippen LogP contribution in [0.5, 0.6) is 11.5 Å². The van der Waals surface area contributed by atoms with E-state index in [2.05, 4.69) is 5.32 Å². The van der Waals surface area contributed by atoms with Crippen LogP contribution in [0.3, 0.4) is 0 Å². The lowest BCUT2D eigenvalue weighted by molar-refractivity contribution is -0.118. The lowest BCUT2D eigenvalue weighted by Crippen LogP contribution is -2.21. The predicted molar refractivity (Wildman–Crippen MR) is 83.4 cm³/mol. The van der Waals surface area contributed by atoms with E-state index in [9.17, 15) is 22.8 Å². The number of ketones is 1. The lowest BCUT2D eigenvalue weighted by atomic mass is 10.1. The predicted octanol–water partition coefficient (Wildman–Crippen LogP) is 3.33. The molecule has 2 aromatic rings. The van der Waals surface area contributed by atoms with E-state index in [-0.39, 0.29) is 17.1 Å². The van der Waals surface area contributed by atoms with Gasteiger partial charge in [-0.15, -0.1) is 0 Å². The van der Waals surface area contributed by atoms with Crippen LogP contribution in [0.25, 0.3) is 0 Å². The van der Waals surface area contributed by atoms with Crippen molar-refractivity contribution in [1.29, 1.82) is 0 Å². The molecule has 0 aliphatic rings. The first-order valence-corrected chi connectivity index (χ1v) is 7.08. The zero-order chi connectivity index (χ0) is 18.6. The average Bonchev–Trinajstić information content (AvgIpc) is 2.60. The molecule has 0 spiro atoms. The summed E-state index contributed by atoms with van der Waals surface area (Å²) in [5, 5.41) is 2.06. The summed E-state index contributed by atoms with van der Waals surface area (Å²) in [7, 11) is 1.42. The molecule has 0 atom stereocenters. The maximum absolute atomic E-state index is 13.5. The summed E-state index contributed by atoms with van der Waals surface area (Å²) in [5.41, 5.74) is -0.294. The molecule has 0 aliphatic heterocycles. The first-order valence-electron chi connectivity index (χ1n) is 7.08. The number of rotatable bonds is 6. The molecule has 0 radical (unpaired) electrons. The van der Waals surface area contributed by atoms with Crippen molar-refractivity contribution in [3.05, 3.63) is 53.3 Å². The van der Waals surface area contributed by atoms with Crippen molar-refractivity contribution in [1.82, 2.24) is 0 Å². The molecule has 2 aromatic carbocycles. The molecule has 8 heteroatoms. The molecule has 0 unspecified atom stereocenters. The Hall–Kier alpha value is -3.03. The number of benzene rings is 2. The van der Waals surface area contributed by atoms with Gasteiger partial charge in [0.1, 0.15) is 11.5 Å². The zero-order valence-corrected chi connectivity index (χ0v) is 13.4. The highest BCUT2D eigenvalue weighted by Gasteiger charge is 2.16. The van der Waals surface area contributed by atoms with E-state index in [0.29, 0.717) is 11.8 Å². The highest BCUT2D eigenvalue weighted by Crippen LogP contribution is 2.25. The van der Waals surface area contributed by atoms with E-state index in [1.54, 1.807) is 6.07 Å². The van der Waals surface area contributed by atoms with Crippen LogP contribution >= 0.6 is 0 Å². The van der Waals surface area contributed by atoms with Gasteiger partial charge in [-0.3, -0.25) is 9.59 Å². The van der Waals surface area contributed by atoms with Crippen molar-refractivity contribution in [2.45, 2.75) is 6.92 Å². The largest absolute Gasteiger partial charge is 0.497 e. The Balaban J connectivity index is 2.10. The second-order valence-corrected chi connectivity index (χ2v) is 4.98. The minimum atomic E-state index is -1.69. The molecule has 0 saturated carbocycles. The molecule has 1 N–H and O–H groups in total. The van der Waals surface area contributed by atoms with E-state index in [1.807, 2.05) is 0 Å². The first kappa shape index (κ1) is 18.3. The monoisotopic (exact) mass is 353 g/mol. The van der Waals surface area contributed by atoms with Crippen molar-refractivity contribution in [2.24, 2.45) is 0 Å². The number of nitrogens with one attached hydrogen (secondary N) is 1. The summed E-state index contributed by atoms with van der Waals surface area (Å²) in [6.07, 6.45) is 0. The van der Waals surface area contributed by atoms with Crippen LogP contribution in [0.4, 0.5) is 18.9 Å². The molecule has 0 aromatic heterocycles. The van der Waals surface area contributed by atoms with Crippen LogP contribution < -0.4 is 14.8 Å². The molecule has 0 saturated heterocycles. The van der Waals surface area contributed by atoms with Crippen LogP contribution in [-0.2, 0) is 4.79 Å². The van der Waals surface area contributed by atoms with Crippen molar-refractivity contribution in [3.63, 3.8) is 0 Å². The van der Waals surface area contributed by atoms with E-state index in [4.69, 9.17) is 9.47 Å². The lowest BCUT2D eigenvalue weighted by Gasteiger charge is -2.12. The quantitative estimate of drug-likeness (QED) is 0.639. The third kappa shape index (κ3) is 4.28. The number of methoxy groups -OCH3 is 1. The second kappa shape index (κ2) is 7.69. The van der Waals surface area contributed by atoms with Gasteiger partial charge in [-0.05, 0) is 31.2 Å². The van der Waals surface area contributed by atoms with Crippen LogP contribution in [0, 0.1) is 17.5 Å². The Kier molecular flexibility index (Phi) is 5.63. The van der Waals surface area contributed by atoms with Crippen LogP contribution in [0.15, 0.2) is 30.3 Å². The molecular formula is C17H14F3NO4. The Morgan fingerprint density at radius 1 is 1.08 bits per heavy atom. The molecule has 0 aliphatic carbocycles. The molecular weight excluding hydrogens is 339 g/mol. The molecule has 25 heavy (non-hydrogen) atoms. The van der Waals surface area contributed by atoms with E-state index >= 15 is 0 Å². The summed E-state index contributed by atoms with van der Waals surface area (Å²) in [6.45, 7) is 0.747. The summed E-state index contributed by atoms with van der Waals surface area (Å²) in [5.74, 6) is -5.16. The molecule has 2 rings (SSSR count). The normalized spacial score (nSPS) is 10.3. The minimum Gasteiger partial charge on any atom is -0.497 e. The maximum Gasteiger partial charge on any atom is 0.262 e. The number of hydrogen-bond acceptors (Lipinski definition) is 4. The van der Waals surface area contributed by atoms with Gasteiger partial charge in [0.15, 0.2) is 29.8 Å². The molecule has 0 heterocycles. The van der Waals surface area contributed by atoms with Crippen molar-refractivity contribution in [3.8, 4) is 11.5 Å². The number of amides is 1. The van der Waals surface area contributed by atoms with Gasteiger partial charge in [-0.25, -0.2) is 13.2 Å². The number of hydrogen-bond donors (Lipinski definition) is 1. The van der Waals surface area contributed by atoms with Crippen LogP contribution in [0.2, 0.25) is 0 Å². The maximum atomic E-state index is 13.5. The SMILES string of the molecule is COc1ccc(C(C)=O)c(OCC(=O)Nc2ccc(F)c(F)c2F)c1. The first-order chi connectivity index (χ1) is 11.8. The highest BCUT2D eigenvalue weighted by molar-refractivity contribution is 5.97. The smallest absolute Gasteiger partial charge is 0.262 e. The zero-order valence-electron chi connectivity index (χ0n) is 13.4. The average molecular weight is 353 g/mol. The van der Waals surface area contributed by atoms with E-state index in [1.165, 1.54) is 26.2 Å². The molecule has 0 fully saturated rings. The number of Topliss-reactive ketones (excluding diaryl/α,β-unsaturated/α-hetero) is 1. The van der Waals surface area contributed by atoms with E-state index in [0.717, 1.165) is 6.07 Å². The number of carbonyl (C=O) groups excluding carboxylic acids is 2. The van der Waals surface area contributed by atoms with Gasteiger partial charge in [0.2, 0.25) is 0 Å². The fourth-order valence-corrected chi connectivity index (χ4v) is 1.99. The molecule has 1 amide bonds. The molecule has 5 nitrogen and oxygen atoms in total. The fourth-order valence-electron chi connectivity index (χ4n) is 1.99. The Morgan fingerprint density at radius 3 is 2.44 bits per heavy atom. The third-order valence-corrected chi connectivity index (χ3v) is 3.24. The topological polar surface area (TPSA) is 64.6 Å². The molecule has 0 bridgehead atoms. The number of ether oxygens (including phenoxy) is 2. The second-order valence-electron chi connectivity index (χ2n) is 4.98. The van der Waals surface area contributed by atoms with Crippen molar-refractivity contribution in [2.75, 3.05) is 19.0 Å². The van der Waals surface area contributed by atoms with Crippen LogP contribution in [-0.4, -0.2) is 25.4 Å². The number of carbonyl (C=O) groups is 2. The Morgan fingerprint density at radius 2 is 1.80 bits per heavy atom. The van der Waals surface area contributed by atoms with Gasteiger partial charge in [0, 0.05) is 6.07 Å². The highest BCUT2D eigenvalue weighted by atomic mass is 19.2. The standard InChI is InChI=1S/C17H14F3NO4/c1-9(22)11-4-3-10(24-2)7-14(11)25-8-15(23)21-13-6-5-12(18)16(19)17(13)20/h3-7H,8H2,1-2H3,(H,21,23). The Labute approximate surface area is 141 Å². The Bertz CT molecular complexity index is 824. The third-order valence-electron chi connectivity index (χ3n) is 3.24. The van der Waals surface area contributed by atoms with Gasteiger partial charge in [-0.2, -0.15) is 0 Å². The van der Waals surface area contributed by atoms with Gasteiger partial charge in [-0.1, -0.05) is 0 Å². The summed E-state index contributed by atoms with van der Waals surface area (Å²) >= 11 is 0. The van der Waals surface area contributed by atoms with Gasteiger partial charge < -0.3 is 14.8 Å². The number of anilines is 1. The van der Waals surface area contributed by atoms with Crippen LogP contribution in [0.1, 0.15) is 17.3 Å². The fraction of sp³-hybridized carbons (Fsp3) is 0.176. The van der Waals surface area contributed by atoms with Crippen molar-refractivity contribution >= 4 is 17.4 Å². The van der Waals surface area contributed by atoms with Gasteiger partial charge in [0.25, 0.3) is 5.91 Å². The minimum absolute atomic E-state index is 0.104. The summed E-state index contributed by atoms with van der Waals surface area (Å²) in [6, 6.07) is 6.02. The summed E-state index contributed by atoms with van der Waals surface area (Å²) in [4.78, 5) is 23.4. The number of halogens is 3. The van der Waals surface area contributed by atoms with E-state index < -0.39 is 35.7 Å².